The predicted molar refractivity (Wildman–Crippen MR) is 99.2 cm³/mol. The van der Waals surface area contributed by atoms with Crippen molar-refractivity contribution in [2.75, 3.05) is 27.3 Å². The third kappa shape index (κ3) is 4.09. The fourth-order valence-corrected chi connectivity index (χ4v) is 3.30. The number of esters is 1. The summed E-state index contributed by atoms with van der Waals surface area (Å²) in [6.45, 7) is 0.172. The number of aromatic nitrogens is 2. The minimum absolute atomic E-state index is 0.0395. The van der Waals surface area contributed by atoms with Gasteiger partial charge in [0.05, 0.1) is 10.4 Å². The second-order valence-electron chi connectivity index (χ2n) is 5.86. The van der Waals surface area contributed by atoms with Crippen LogP contribution in [-0.4, -0.2) is 56.2 Å². The lowest BCUT2D eigenvalue weighted by molar-refractivity contribution is 0.0446. The van der Waals surface area contributed by atoms with Crippen molar-refractivity contribution < 1.29 is 22.7 Å². The van der Waals surface area contributed by atoms with Gasteiger partial charge in [-0.3, -0.25) is 5.10 Å². The van der Waals surface area contributed by atoms with Crippen molar-refractivity contribution in [2.45, 2.75) is 4.90 Å². The van der Waals surface area contributed by atoms with Crippen LogP contribution >= 0.6 is 0 Å². The predicted octanol–water partition coefficient (Wildman–Crippen LogP) is 2.05. The molecular weight excluding hydrogens is 370 g/mol. The normalized spacial score (nSPS) is 11.7. The molecule has 1 N–H and O–H groups in total. The van der Waals surface area contributed by atoms with E-state index in [1.165, 1.54) is 26.2 Å². The number of rotatable bonds is 7. The van der Waals surface area contributed by atoms with Gasteiger partial charge >= 0.3 is 5.97 Å². The average Bonchev–Trinajstić information content (AvgIpc) is 3.09. The molecule has 0 bridgehead atoms. The second kappa shape index (κ2) is 7.77. The van der Waals surface area contributed by atoms with Crippen molar-refractivity contribution in [3.63, 3.8) is 0 Å². The minimum Gasteiger partial charge on any atom is -0.490 e. The number of H-pyrrole nitrogens is 1. The smallest absolute Gasteiger partial charge is 0.359 e. The first-order chi connectivity index (χ1) is 12.9. The number of aromatic amines is 1. The first kappa shape index (κ1) is 18.9. The van der Waals surface area contributed by atoms with Gasteiger partial charge < -0.3 is 9.47 Å². The van der Waals surface area contributed by atoms with E-state index in [2.05, 4.69) is 10.2 Å². The molecule has 0 fully saturated rings. The minimum atomic E-state index is -3.47. The van der Waals surface area contributed by atoms with Gasteiger partial charge in [-0.2, -0.15) is 5.10 Å². The largest absolute Gasteiger partial charge is 0.490 e. The van der Waals surface area contributed by atoms with Crippen LogP contribution in [0.3, 0.4) is 0 Å². The van der Waals surface area contributed by atoms with E-state index in [1.54, 1.807) is 18.2 Å². The summed E-state index contributed by atoms with van der Waals surface area (Å²) in [6, 6.07) is 13.3. The molecule has 8 nitrogen and oxygen atoms in total. The Balaban J connectivity index is 1.52. The highest BCUT2D eigenvalue weighted by Gasteiger charge is 2.17. The molecule has 2 aromatic carbocycles. The Kier molecular flexibility index (Phi) is 5.43. The van der Waals surface area contributed by atoms with E-state index >= 15 is 0 Å². The van der Waals surface area contributed by atoms with E-state index < -0.39 is 16.0 Å². The van der Waals surface area contributed by atoms with Gasteiger partial charge in [-0.15, -0.1) is 0 Å². The Labute approximate surface area is 156 Å². The summed E-state index contributed by atoms with van der Waals surface area (Å²) in [6.07, 6.45) is 0. The van der Waals surface area contributed by atoms with Crippen molar-refractivity contribution in [1.82, 2.24) is 14.5 Å². The number of fused-ring (bicyclic) bond motifs is 1. The van der Waals surface area contributed by atoms with Crippen LogP contribution in [-0.2, 0) is 14.8 Å². The van der Waals surface area contributed by atoms with Gasteiger partial charge in [0.25, 0.3) is 0 Å². The molecule has 0 saturated heterocycles. The molecule has 0 radical (unpaired) electrons. The first-order valence-corrected chi connectivity index (χ1v) is 9.59. The van der Waals surface area contributed by atoms with Crippen molar-refractivity contribution in [3.05, 3.63) is 54.2 Å². The fourth-order valence-electron chi connectivity index (χ4n) is 2.40. The molecule has 0 saturated carbocycles. The summed E-state index contributed by atoms with van der Waals surface area (Å²) in [5, 5.41) is 7.45. The van der Waals surface area contributed by atoms with Crippen molar-refractivity contribution in [3.8, 4) is 5.75 Å². The Bertz CT molecular complexity index is 1040. The highest BCUT2D eigenvalue weighted by Crippen LogP contribution is 2.18. The number of hydrogen-bond acceptors (Lipinski definition) is 6. The van der Waals surface area contributed by atoms with Gasteiger partial charge in [0.1, 0.15) is 19.0 Å². The number of benzene rings is 2. The first-order valence-electron chi connectivity index (χ1n) is 8.15. The monoisotopic (exact) mass is 389 g/mol. The summed E-state index contributed by atoms with van der Waals surface area (Å²) < 4.78 is 35.8. The molecule has 0 aliphatic carbocycles. The van der Waals surface area contributed by atoms with Crippen LogP contribution in [0.15, 0.2) is 53.4 Å². The maximum absolute atomic E-state index is 12.1. The maximum Gasteiger partial charge on any atom is 0.359 e. The number of ether oxygens (including phenoxy) is 2. The van der Waals surface area contributed by atoms with E-state index in [9.17, 15) is 13.2 Å². The third-order valence-corrected chi connectivity index (χ3v) is 5.68. The molecule has 0 unspecified atom stereocenters. The average molecular weight is 389 g/mol. The van der Waals surface area contributed by atoms with Crippen LogP contribution in [0.2, 0.25) is 0 Å². The molecular formula is C18H19N3O5S. The SMILES string of the molecule is CN(C)S(=O)(=O)c1ccc(OCCOC(=O)c2n[nH]c3ccccc23)cc1. The molecule has 142 valence electrons. The van der Waals surface area contributed by atoms with E-state index in [0.29, 0.717) is 11.1 Å². The molecule has 1 heterocycles. The Morgan fingerprint density at radius 1 is 1.07 bits per heavy atom. The van der Waals surface area contributed by atoms with E-state index in [0.717, 1.165) is 9.82 Å². The molecule has 9 heteroatoms. The standard InChI is InChI=1S/C18H19N3O5S/c1-21(2)27(23,24)14-9-7-13(8-10-14)25-11-12-26-18(22)17-15-5-3-4-6-16(15)19-20-17/h3-10H,11-12H2,1-2H3,(H,19,20). The number of para-hydroxylation sites is 1. The highest BCUT2D eigenvalue weighted by molar-refractivity contribution is 7.89. The van der Waals surface area contributed by atoms with Crippen molar-refractivity contribution >= 4 is 26.9 Å². The van der Waals surface area contributed by atoms with Crippen LogP contribution in [0, 0.1) is 0 Å². The number of nitrogens with one attached hydrogen (secondary N) is 1. The number of nitrogens with zero attached hydrogens (tertiary/aromatic N) is 2. The van der Waals surface area contributed by atoms with E-state index in [1.807, 2.05) is 18.2 Å². The zero-order chi connectivity index (χ0) is 19.4. The summed E-state index contributed by atoms with van der Waals surface area (Å²) in [5.74, 6) is -0.0579. The molecule has 0 spiro atoms. The molecule has 3 rings (SSSR count). The maximum atomic E-state index is 12.1. The van der Waals surface area contributed by atoms with E-state index in [-0.39, 0.29) is 23.8 Å². The summed E-state index contributed by atoms with van der Waals surface area (Å²) in [7, 11) is -0.537. The molecule has 0 aliphatic heterocycles. The Morgan fingerprint density at radius 3 is 2.48 bits per heavy atom. The van der Waals surface area contributed by atoms with Gasteiger partial charge in [-0.05, 0) is 30.3 Å². The lowest BCUT2D eigenvalue weighted by Gasteiger charge is -2.12. The van der Waals surface area contributed by atoms with Gasteiger partial charge in [0.15, 0.2) is 5.69 Å². The Hall–Kier alpha value is -2.91. The molecule has 3 aromatic rings. The summed E-state index contributed by atoms with van der Waals surface area (Å²) in [5.41, 5.74) is 0.984. The molecule has 1 aromatic heterocycles. The molecule has 0 aliphatic rings. The fraction of sp³-hybridized carbons (Fsp3) is 0.222. The van der Waals surface area contributed by atoms with E-state index in [4.69, 9.17) is 9.47 Å². The lowest BCUT2D eigenvalue weighted by Crippen LogP contribution is -2.22. The topological polar surface area (TPSA) is 102 Å². The van der Waals surface area contributed by atoms with Crippen molar-refractivity contribution in [1.29, 1.82) is 0 Å². The van der Waals surface area contributed by atoms with Gasteiger partial charge in [0, 0.05) is 19.5 Å². The summed E-state index contributed by atoms with van der Waals surface area (Å²) in [4.78, 5) is 12.3. The lowest BCUT2D eigenvalue weighted by atomic mass is 10.2. The molecule has 27 heavy (non-hydrogen) atoms. The zero-order valence-electron chi connectivity index (χ0n) is 14.9. The number of hydrogen-bond donors (Lipinski definition) is 1. The Morgan fingerprint density at radius 2 is 1.78 bits per heavy atom. The third-order valence-electron chi connectivity index (χ3n) is 3.85. The van der Waals surface area contributed by atoms with Gasteiger partial charge in [-0.1, -0.05) is 18.2 Å². The quantitative estimate of drug-likeness (QED) is 0.490. The van der Waals surface area contributed by atoms with Crippen LogP contribution in [0.25, 0.3) is 10.9 Å². The molecule has 0 amide bonds. The number of carbonyl (C=O) groups excluding carboxylic acids is 1. The zero-order valence-corrected chi connectivity index (χ0v) is 15.7. The second-order valence-corrected chi connectivity index (χ2v) is 8.01. The van der Waals surface area contributed by atoms with Crippen LogP contribution in [0.5, 0.6) is 5.75 Å². The number of sulfonamides is 1. The van der Waals surface area contributed by atoms with Crippen molar-refractivity contribution in [2.24, 2.45) is 0 Å². The van der Waals surface area contributed by atoms with Crippen LogP contribution in [0.4, 0.5) is 0 Å². The number of carbonyl (C=O) groups is 1. The van der Waals surface area contributed by atoms with Crippen LogP contribution in [0.1, 0.15) is 10.5 Å². The summed E-state index contributed by atoms with van der Waals surface area (Å²) >= 11 is 0. The molecule has 0 atom stereocenters. The van der Waals surface area contributed by atoms with Crippen LogP contribution < -0.4 is 4.74 Å². The van der Waals surface area contributed by atoms with Gasteiger partial charge in [0.2, 0.25) is 10.0 Å². The van der Waals surface area contributed by atoms with Gasteiger partial charge in [-0.25, -0.2) is 17.5 Å². The highest BCUT2D eigenvalue weighted by atomic mass is 32.2.